The predicted octanol–water partition coefficient (Wildman–Crippen LogP) is 5.16. The lowest BCUT2D eigenvalue weighted by molar-refractivity contribution is -0.141. The fraction of sp³-hybridized carbons (Fsp3) is 0.393. The van der Waals surface area contributed by atoms with E-state index in [-0.39, 0.29) is 17.6 Å². The Morgan fingerprint density at radius 2 is 2.08 bits per heavy atom. The van der Waals surface area contributed by atoms with Crippen LogP contribution in [0.25, 0.3) is 11.1 Å². The van der Waals surface area contributed by atoms with Crippen LogP contribution in [-0.2, 0) is 16.3 Å². The average molecular weight is 528 g/mol. The summed E-state index contributed by atoms with van der Waals surface area (Å²) in [5.74, 6) is 0.124. The van der Waals surface area contributed by atoms with E-state index in [1.54, 1.807) is 25.1 Å². The molecule has 1 aliphatic heterocycles. The molecule has 2 fully saturated rings. The number of pyridine rings is 2. The van der Waals surface area contributed by atoms with Crippen molar-refractivity contribution >= 4 is 11.6 Å². The highest BCUT2D eigenvalue weighted by Gasteiger charge is 2.57. The molecule has 2 unspecified atom stereocenters. The summed E-state index contributed by atoms with van der Waals surface area (Å²) in [5.41, 5.74) is 2.59. The molecule has 1 aromatic carbocycles. The second-order valence-electron chi connectivity index (χ2n) is 10.0. The molecule has 0 spiro atoms. The summed E-state index contributed by atoms with van der Waals surface area (Å²) in [6.07, 6.45) is -2.49. The van der Waals surface area contributed by atoms with Gasteiger partial charge < -0.3 is 19.9 Å². The summed E-state index contributed by atoms with van der Waals surface area (Å²) in [6.45, 7) is 5.02. The van der Waals surface area contributed by atoms with Crippen molar-refractivity contribution in [1.82, 2.24) is 9.97 Å². The molecule has 1 amide bonds. The lowest BCUT2D eigenvalue weighted by Crippen LogP contribution is -2.23. The number of benzene rings is 1. The molecule has 200 valence electrons. The third-order valence-electron chi connectivity index (χ3n) is 7.15. The topological polar surface area (TPSA) is 93.6 Å². The second kappa shape index (κ2) is 9.99. The number of hydrogen-bond acceptors (Lipinski definition) is 6. The number of nitrogens with zero attached hydrogens (tertiary/aromatic N) is 2. The fourth-order valence-corrected chi connectivity index (χ4v) is 4.96. The van der Waals surface area contributed by atoms with Gasteiger partial charge >= 0.3 is 6.18 Å². The van der Waals surface area contributed by atoms with Crippen LogP contribution in [0.3, 0.4) is 0 Å². The molecule has 38 heavy (non-hydrogen) atoms. The number of aliphatic hydroxyl groups is 1. The number of nitrogens with one attached hydrogen (secondary N) is 1. The van der Waals surface area contributed by atoms with Crippen molar-refractivity contribution in [3.63, 3.8) is 0 Å². The molecule has 1 aliphatic carbocycles. The van der Waals surface area contributed by atoms with E-state index in [1.807, 2.05) is 19.1 Å². The number of rotatable bonds is 7. The van der Waals surface area contributed by atoms with Gasteiger partial charge in [-0.2, -0.15) is 13.2 Å². The Morgan fingerprint density at radius 3 is 2.82 bits per heavy atom. The van der Waals surface area contributed by atoms with Gasteiger partial charge in [-0.15, -0.1) is 0 Å². The van der Waals surface area contributed by atoms with Crippen LogP contribution in [0, 0.1) is 12.8 Å². The highest BCUT2D eigenvalue weighted by molar-refractivity contribution is 6.04. The van der Waals surface area contributed by atoms with E-state index in [0.29, 0.717) is 30.7 Å². The molecular weight excluding hydrogens is 499 g/mol. The van der Waals surface area contributed by atoms with Gasteiger partial charge in [0.25, 0.3) is 5.91 Å². The van der Waals surface area contributed by atoms with Gasteiger partial charge in [-0.1, -0.05) is 6.07 Å². The molecule has 2 aliphatic rings. The molecule has 0 radical (unpaired) electrons. The van der Waals surface area contributed by atoms with Crippen molar-refractivity contribution in [3.8, 4) is 17.0 Å². The SMILES string of the molecule is Cc1ccc(NC(=O)c2ccnc(C(F)(F)F)c2)cc1-c1cc(OC[C@@H](C)O)nc(C23CCOCC2C3)c1. The molecule has 0 bridgehead atoms. The standard InChI is InChI=1S/C28H28F3N3O4/c1-16-3-4-21(33-26(36)18-5-7-32-24(9-18)28(29,30)31)12-22(16)19-10-23(27-6-8-37-15-20(27)13-27)34-25(11-19)38-14-17(2)35/h3-5,7,9-12,17,20,35H,6,8,13-15H2,1-2H3,(H,33,36)/t17-,20?,27?/m1/s1. The normalized spacial score (nSPS) is 21.4. The van der Waals surface area contributed by atoms with Gasteiger partial charge in [-0.05, 0) is 79.6 Å². The van der Waals surface area contributed by atoms with Crippen molar-refractivity contribution in [2.24, 2.45) is 5.92 Å². The minimum atomic E-state index is -4.65. The quantitative estimate of drug-likeness (QED) is 0.441. The van der Waals surface area contributed by atoms with Crippen LogP contribution in [0.15, 0.2) is 48.7 Å². The highest BCUT2D eigenvalue weighted by atomic mass is 19.4. The number of amides is 1. The van der Waals surface area contributed by atoms with Crippen molar-refractivity contribution in [2.75, 3.05) is 25.1 Å². The van der Waals surface area contributed by atoms with Gasteiger partial charge in [-0.3, -0.25) is 9.78 Å². The third-order valence-corrected chi connectivity index (χ3v) is 7.15. The monoisotopic (exact) mass is 527 g/mol. The summed E-state index contributed by atoms with van der Waals surface area (Å²) in [4.78, 5) is 20.9. The Hall–Kier alpha value is -3.50. The van der Waals surface area contributed by atoms with Gasteiger partial charge in [0.1, 0.15) is 12.3 Å². The van der Waals surface area contributed by atoms with Crippen LogP contribution < -0.4 is 10.1 Å². The Bertz CT molecular complexity index is 1360. The zero-order chi connectivity index (χ0) is 27.1. The maximum Gasteiger partial charge on any atom is 0.433 e. The summed E-state index contributed by atoms with van der Waals surface area (Å²) < 4.78 is 50.6. The number of fused-ring (bicyclic) bond motifs is 1. The molecular formula is C28H28F3N3O4. The van der Waals surface area contributed by atoms with Crippen molar-refractivity contribution in [2.45, 2.75) is 44.4 Å². The van der Waals surface area contributed by atoms with Gasteiger partial charge in [-0.25, -0.2) is 4.98 Å². The van der Waals surface area contributed by atoms with Crippen LogP contribution in [0.1, 0.15) is 47.1 Å². The first-order chi connectivity index (χ1) is 18.0. The molecule has 1 saturated carbocycles. The number of carbonyl (C=O) groups excluding carboxylic acids is 1. The van der Waals surface area contributed by atoms with Crippen LogP contribution in [-0.4, -0.2) is 46.9 Å². The second-order valence-corrected chi connectivity index (χ2v) is 10.0. The number of ether oxygens (including phenoxy) is 2. The predicted molar refractivity (Wildman–Crippen MR) is 134 cm³/mol. The van der Waals surface area contributed by atoms with Crippen LogP contribution in [0.4, 0.5) is 18.9 Å². The number of alkyl halides is 3. The Labute approximate surface area is 218 Å². The molecule has 10 heteroatoms. The Morgan fingerprint density at radius 1 is 1.26 bits per heavy atom. The molecule has 2 aromatic heterocycles. The van der Waals surface area contributed by atoms with Crippen LogP contribution >= 0.6 is 0 Å². The number of aromatic nitrogens is 2. The van der Waals surface area contributed by atoms with E-state index in [2.05, 4.69) is 10.3 Å². The maximum absolute atomic E-state index is 13.0. The lowest BCUT2D eigenvalue weighted by atomic mass is 9.90. The van der Waals surface area contributed by atoms with Gasteiger partial charge in [0, 0.05) is 35.5 Å². The summed E-state index contributed by atoms with van der Waals surface area (Å²) in [7, 11) is 0. The third kappa shape index (κ3) is 5.37. The highest BCUT2D eigenvalue weighted by Crippen LogP contribution is 2.58. The molecule has 2 N–H and O–H groups in total. The molecule has 3 aromatic rings. The van der Waals surface area contributed by atoms with Crippen LogP contribution in [0.5, 0.6) is 5.88 Å². The van der Waals surface area contributed by atoms with Gasteiger partial charge in [0.2, 0.25) is 5.88 Å². The molecule has 3 atom stereocenters. The first kappa shape index (κ1) is 26.1. The average Bonchev–Trinajstić information content (AvgIpc) is 3.64. The zero-order valence-corrected chi connectivity index (χ0v) is 21.0. The zero-order valence-electron chi connectivity index (χ0n) is 21.0. The van der Waals surface area contributed by atoms with E-state index in [4.69, 9.17) is 14.5 Å². The molecule has 3 heterocycles. The van der Waals surface area contributed by atoms with E-state index in [9.17, 15) is 23.1 Å². The minimum Gasteiger partial charge on any atom is -0.475 e. The summed E-state index contributed by atoms with van der Waals surface area (Å²) >= 11 is 0. The van der Waals surface area contributed by atoms with Crippen molar-refractivity contribution in [1.29, 1.82) is 0 Å². The largest absolute Gasteiger partial charge is 0.475 e. The van der Waals surface area contributed by atoms with E-state index >= 15 is 0 Å². The van der Waals surface area contributed by atoms with E-state index in [1.165, 1.54) is 6.07 Å². The number of aryl methyl sites for hydroxylation is 1. The summed E-state index contributed by atoms with van der Waals surface area (Å²) in [5, 5.41) is 12.4. The maximum atomic E-state index is 13.0. The molecule has 7 nitrogen and oxygen atoms in total. The van der Waals surface area contributed by atoms with Crippen LogP contribution in [0.2, 0.25) is 0 Å². The van der Waals surface area contributed by atoms with Gasteiger partial charge in [0.05, 0.1) is 18.4 Å². The lowest BCUT2D eigenvalue weighted by Gasteiger charge is -2.23. The van der Waals surface area contributed by atoms with Crippen molar-refractivity contribution < 1.29 is 32.5 Å². The van der Waals surface area contributed by atoms with E-state index < -0.39 is 23.9 Å². The number of anilines is 1. The van der Waals surface area contributed by atoms with E-state index in [0.717, 1.165) is 47.5 Å². The first-order valence-corrected chi connectivity index (χ1v) is 12.4. The smallest absolute Gasteiger partial charge is 0.433 e. The minimum absolute atomic E-state index is 0.0610. The molecule has 5 rings (SSSR count). The summed E-state index contributed by atoms with van der Waals surface area (Å²) in [6, 6.07) is 11.1. The number of carbonyl (C=O) groups is 1. The van der Waals surface area contributed by atoms with Crippen molar-refractivity contribution in [3.05, 3.63) is 71.2 Å². The molecule has 1 saturated heterocycles. The number of aliphatic hydroxyl groups excluding tert-OH is 1. The number of halogens is 3. The number of hydrogen-bond donors (Lipinski definition) is 2. The Balaban J connectivity index is 1.46. The Kier molecular flexibility index (Phi) is 6.87. The van der Waals surface area contributed by atoms with Gasteiger partial charge in [0.15, 0.2) is 0 Å². The first-order valence-electron chi connectivity index (χ1n) is 12.4. The fourth-order valence-electron chi connectivity index (χ4n) is 4.96.